The molecule has 11 heteroatoms. The Morgan fingerprint density at radius 1 is 1.03 bits per heavy atom. The number of nitro groups is 1. The van der Waals surface area contributed by atoms with E-state index in [4.69, 9.17) is 21.7 Å². The first-order chi connectivity index (χ1) is 14.4. The Morgan fingerprint density at radius 3 is 2.43 bits per heavy atom. The van der Waals surface area contributed by atoms with Gasteiger partial charge in [0.1, 0.15) is 12.4 Å². The van der Waals surface area contributed by atoms with Gasteiger partial charge in [-0.25, -0.2) is 0 Å². The van der Waals surface area contributed by atoms with Gasteiger partial charge in [0.05, 0.1) is 11.5 Å². The fourth-order valence-corrected chi connectivity index (χ4v) is 2.36. The summed E-state index contributed by atoms with van der Waals surface area (Å²) >= 11 is 4.97. The van der Waals surface area contributed by atoms with Crippen molar-refractivity contribution in [2.24, 2.45) is 0 Å². The van der Waals surface area contributed by atoms with E-state index in [1.54, 1.807) is 24.3 Å². The highest BCUT2D eigenvalue weighted by Crippen LogP contribution is 2.13. The SMILES string of the molecule is CCOCCOc1ccc(C(=O)NC(=S)NNC(=O)c2cccc([N+](=O)[O-])c2)cc1. The normalized spacial score (nSPS) is 10.0. The molecule has 30 heavy (non-hydrogen) atoms. The number of hydrazine groups is 1. The van der Waals surface area contributed by atoms with Crippen molar-refractivity contribution in [3.05, 3.63) is 69.8 Å². The summed E-state index contributed by atoms with van der Waals surface area (Å²) in [5.74, 6) is -0.544. The molecule has 0 unspecified atom stereocenters. The van der Waals surface area contributed by atoms with E-state index in [1.165, 1.54) is 18.2 Å². The lowest BCUT2D eigenvalue weighted by Gasteiger charge is -2.11. The third kappa shape index (κ3) is 7.11. The molecule has 0 spiro atoms. The van der Waals surface area contributed by atoms with Crippen LogP contribution in [0, 0.1) is 10.1 Å². The molecule has 2 aromatic carbocycles. The molecule has 0 saturated heterocycles. The van der Waals surface area contributed by atoms with Gasteiger partial charge >= 0.3 is 0 Å². The highest BCUT2D eigenvalue weighted by molar-refractivity contribution is 7.80. The number of hydrogen-bond donors (Lipinski definition) is 3. The molecule has 3 N–H and O–H groups in total. The lowest BCUT2D eigenvalue weighted by atomic mass is 10.2. The number of non-ortho nitro benzene ring substituents is 1. The van der Waals surface area contributed by atoms with E-state index in [2.05, 4.69) is 16.2 Å². The van der Waals surface area contributed by atoms with Crippen molar-refractivity contribution in [3.63, 3.8) is 0 Å². The van der Waals surface area contributed by atoms with Crippen molar-refractivity contribution >= 4 is 34.8 Å². The monoisotopic (exact) mass is 432 g/mol. The van der Waals surface area contributed by atoms with E-state index in [0.717, 1.165) is 6.07 Å². The first-order valence-corrected chi connectivity index (χ1v) is 9.28. The van der Waals surface area contributed by atoms with Crippen molar-refractivity contribution in [1.29, 1.82) is 0 Å². The number of carbonyl (C=O) groups is 2. The van der Waals surface area contributed by atoms with Crippen LogP contribution in [0.2, 0.25) is 0 Å². The van der Waals surface area contributed by atoms with Gasteiger partial charge in [-0.3, -0.25) is 35.9 Å². The van der Waals surface area contributed by atoms with Crippen LogP contribution >= 0.6 is 12.2 Å². The average Bonchev–Trinajstić information content (AvgIpc) is 2.75. The minimum atomic E-state index is -0.649. The van der Waals surface area contributed by atoms with Crippen molar-refractivity contribution < 1.29 is 24.0 Å². The Kier molecular flexibility index (Phi) is 8.66. The molecule has 2 amide bonds. The third-order valence-corrected chi connectivity index (χ3v) is 3.86. The number of rotatable bonds is 8. The predicted octanol–water partition coefficient (Wildman–Crippen LogP) is 1.96. The maximum atomic E-state index is 12.2. The van der Waals surface area contributed by atoms with Crippen LogP contribution in [-0.2, 0) is 4.74 Å². The summed E-state index contributed by atoms with van der Waals surface area (Å²) in [6, 6.07) is 11.6. The van der Waals surface area contributed by atoms with E-state index in [-0.39, 0.29) is 16.4 Å². The molecule has 0 aliphatic rings. The van der Waals surface area contributed by atoms with Crippen LogP contribution in [-0.4, -0.2) is 41.7 Å². The maximum absolute atomic E-state index is 12.2. The molecule has 0 heterocycles. The summed E-state index contributed by atoms with van der Waals surface area (Å²) in [6.45, 7) is 3.38. The van der Waals surface area contributed by atoms with Gasteiger partial charge in [-0.05, 0) is 49.5 Å². The van der Waals surface area contributed by atoms with Crippen LogP contribution in [0.25, 0.3) is 0 Å². The van der Waals surface area contributed by atoms with Gasteiger partial charge in [0.2, 0.25) is 0 Å². The summed E-state index contributed by atoms with van der Waals surface area (Å²) in [5.41, 5.74) is 4.81. The molecular weight excluding hydrogens is 412 g/mol. The lowest BCUT2D eigenvalue weighted by molar-refractivity contribution is -0.384. The number of ether oxygens (including phenoxy) is 2. The molecule has 2 aromatic rings. The second-order valence-corrected chi connectivity index (χ2v) is 6.15. The molecule has 0 atom stereocenters. The van der Waals surface area contributed by atoms with Gasteiger partial charge in [-0.1, -0.05) is 6.07 Å². The second-order valence-electron chi connectivity index (χ2n) is 5.74. The van der Waals surface area contributed by atoms with Crippen LogP contribution in [0.15, 0.2) is 48.5 Å². The highest BCUT2D eigenvalue weighted by Gasteiger charge is 2.13. The molecule has 10 nitrogen and oxygen atoms in total. The van der Waals surface area contributed by atoms with E-state index >= 15 is 0 Å². The number of amides is 2. The Balaban J connectivity index is 1.81. The molecule has 0 saturated carbocycles. The minimum Gasteiger partial charge on any atom is -0.491 e. The first-order valence-electron chi connectivity index (χ1n) is 8.87. The highest BCUT2D eigenvalue weighted by atomic mass is 32.1. The number of nitrogens with zero attached hydrogens (tertiary/aromatic N) is 1. The van der Waals surface area contributed by atoms with Crippen LogP contribution in [0.5, 0.6) is 5.75 Å². The van der Waals surface area contributed by atoms with E-state index in [9.17, 15) is 19.7 Å². The third-order valence-electron chi connectivity index (χ3n) is 3.65. The Morgan fingerprint density at radius 2 is 1.77 bits per heavy atom. The van der Waals surface area contributed by atoms with Gasteiger partial charge < -0.3 is 9.47 Å². The fraction of sp³-hybridized carbons (Fsp3) is 0.211. The Hall–Kier alpha value is -3.57. The van der Waals surface area contributed by atoms with Gasteiger partial charge in [0.15, 0.2) is 5.11 Å². The number of thiocarbonyl (C=S) groups is 1. The van der Waals surface area contributed by atoms with Gasteiger partial charge in [-0.2, -0.15) is 0 Å². The summed E-state index contributed by atoms with van der Waals surface area (Å²) in [6.07, 6.45) is 0. The number of nitrogens with one attached hydrogen (secondary N) is 3. The van der Waals surface area contributed by atoms with Gasteiger partial charge in [-0.15, -0.1) is 0 Å². The Labute approximate surface area is 177 Å². The maximum Gasteiger partial charge on any atom is 0.270 e. The van der Waals surface area contributed by atoms with Crippen molar-refractivity contribution in [2.45, 2.75) is 6.92 Å². The summed E-state index contributed by atoms with van der Waals surface area (Å²) in [4.78, 5) is 34.4. The summed E-state index contributed by atoms with van der Waals surface area (Å²) < 4.78 is 10.6. The lowest BCUT2D eigenvalue weighted by Crippen LogP contribution is -2.48. The van der Waals surface area contributed by atoms with Crippen molar-refractivity contribution in [3.8, 4) is 5.75 Å². The van der Waals surface area contributed by atoms with E-state index in [0.29, 0.717) is 31.1 Å². The predicted molar refractivity (Wildman–Crippen MR) is 112 cm³/mol. The molecule has 0 aliphatic heterocycles. The van der Waals surface area contributed by atoms with Crippen LogP contribution in [0.4, 0.5) is 5.69 Å². The quantitative estimate of drug-likeness (QED) is 0.250. The molecular formula is C19H20N4O6S. The zero-order valence-electron chi connectivity index (χ0n) is 16.0. The standard InChI is InChI=1S/C19H20N4O6S/c1-2-28-10-11-29-16-8-6-13(7-9-16)17(24)20-19(30)22-21-18(25)14-4-3-5-15(12-14)23(26)27/h3-9,12H,2,10-11H2,1H3,(H,21,25)(H2,20,22,24,30). The molecule has 0 aliphatic carbocycles. The minimum absolute atomic E-state index is 0.0609. The molecule has 158 valence electrons. The van der Waals surface area contributed by atoms with Crippen LogP contribution in [0.1, 0.15) is 27.6 Å². The zero-order valence-corrected chi connectivity index (χ0v) is 16.9. The number of nitro benzene ring substituents is 1. The van der Waals surface area contributed by atoms with Crippen molar-refractivity contribution in [2.75, 3.05) is 19.8 Å². The summed E-state index contributed by atoms with van der Waals surface area (Å²) in [7, 11) is 0. The largest absolute Gasteiger partial charge is 0.491 e. The zero-order chi connectivity index (χ0) is 21.9. The smallest absolute Gasteiger partial charge is 0.270 e. The number of benzene rings is 2. The molecule has 0 radical (unpaired) electrons. The van der Waals surface area contributed by atoms with Crippen LogP contribution < -0.4 is 20.9 Å². The molecule has 2 rings (SSSR count). The van der Waals surface area contributed by atoms with E-state index < -0.39 is 16.7 Å². The molecule has 0 fully saturated rings. The van der Waals surface area contributed by atoms with E-state index in [1.807, 2.05) is 6.92 Å². The fourth-order valence-electron chi connectivity index (χ4n) is 2.22. The first kappa shape index (κ1) is 22.7. The van der Waals surface area contributed by atoms with Gasteiger partial charge in [0, 0.05) is 29.9 Å². The summed E-state index contributed by atoms with van der Waals surface area (Å²) in [5, 5.41) is 13.0. The topological polar surface area (TPSA) is 132 Å². The van der Waals surface area contributed by atoms with Crippen molar-refractivity contribution in [1.82, 2.24) is 16.2 Å². The number of carbonyl (C=O) groups excluding carboxylic acids is 2. The van der Waals surface area contributed by atoms with Crippen LogP contribution in [0.3, 0.4) is 0 Å². The molecule has 0 bridgehead atoms. The number of hydrogen-bond acceptors (Lipinski definition) is 7. The Bertz CT molecular complexity index is 919. The molecule has 0 aromatic heterocycles. The second kappa shape index (κ2) is 11.4. The van der Waals surface area contributed by atoms with Gasteiger partial charge in [0.25, 0.3) is 17.5 Å². The average molecular weight is 432 g/mol.